The van der Waals surface area contributed by atoms with E-state index in [2.05, 4.69) is 35.9 Å². The van der Waals surface area contributed by atoms with Gasteiger partial charge in [-0.15, -0.1) is 24.8 Å². The molecule has 1 heterocycles. The van der Waals surface area contributed by atoms with E-state index < -0.39 is 6.09 Å². The van der Waals surface area contributed by atoms with Crippen molar-refractivity contribution in [2.45, 2.75) is 59.0 Å². The van der Waals surface area contributed by atoms with Gasteiger partial charge >= 0.3 is 6.09 Å². The van der Waals surface area contributed by atoms with Crippen molar-refractivity contribution in [3.8, 4) is 5.75 Å². The van der Waals surface area contributed by atoms with E-state index in [1.54, 1.807) is 0 Å². The van der Waals surface area contributed by atoms with Gasteiger partial charge in [0.2, 0.25) is 0 Å². The highest BCUT2D eigenvalue weighted by Gasteiger charge is 2.22. The zero-order valence-electron chi connectivity index (χ0n) is 19.3. The number of benzene rings is 1. The van der Waals surface area contributed by atoms with Crippen molar-refractivity contribution >= 4 is 36.6 Å². The molecule has 8 heteroatoms. The molecule has 1 aliphatic heterocycles. The fourth-order valence-electron chi connectivity index (χ4n) is 3.63. The third kappa shape index (κ3) is 11.8. The van der Waals surface area contributed by atoms with Crippen LogP contribution in [0.1, 0.15) is 52.9 Å². The SMILES string of the molecule is CCCCOc1cccc(NC(=O)OC(CN(CC)CC)CN2CCCCC2)c1.Cl.Cl. The Hall–Kier alpha value is -1.21. The van der Waals surface area contributed by atoms with Gasteiger partial charge in [0.05, 0.1) is 6.61 Å². The predicted octanol–water partition coefficient (Wildman–Crippen LogP) is 5.45. The van der Waals surface area contributed by atoms with Gasteiger partial charge in [-0.2, -0.15) is 0 Å². The quantitative estimate of drug-likeness (QED) is 0.405. The van der Waals surface area contributed by atoms with Gasteiger partial charge in [-0.05, 0) is 57.6 Å². The lowest BCUT2D eigenvalue weighted by Crippen LogP contribution is -2.44. The fourth-order valence-corrected chi connectivity index (χ4v) is 3.63. The molecule has 1 aromatic rings. The summed E-state index contributed by atoms with van der Waals surface area (Å²) < 4.78 is 11.6. The first-order valence-electron chi connectivity index (χ1n) is 11.3. The molecule has 31 heavy (non-hydrogen) atoms. The van der Waals surface area contributed by atoms with Crippen LogP contribution < -0.4 is 10.1 Å². The van der Waals surface area contributed by atoms with Gasteiger partial charge in [0, 0.05) is 24.8 Å². The van der Waals surface area contributed by atoms with Crippen molar-refractivity contribution in [2.24, 2.45) is 0 Å². The summed E-state index contributed by atoms with van der Waals surface area (Å²) in [6.45, 7) is 12.8. The van der Waals surface area contributed by atoms with E-state index >= 15 is 0 Å². The Labute approximate surface area is 200 Å². The van der Waals surface area contributed by atoms with Crippen LogP contribution in [0.4, 0.5) is 10.5 Å². The normalized spacial score (nSPS) is 14.8. The van der Waals surface area contributed by atoms with Crippen LogP contribution in [0.5, 0.6) is 5.75 Å². The number of nitrogens with zero attached hydrogens (tertiary/aromatic N) is 2. The lowest BCUT2D eigenvalue weighted by molar-refractivity contribution is 0.0503. The zero-order valence-corrected chi connectivity index (χ0v) is 20.9. The molecule has 0 aliphatic carbocycles. The van der Waals surface area contributed by atoms with Gasteiger partial charge < -0.3 is 14.4 Å². The van der Waals surface area contributed by atoms with Crippen molar-refractivity contribution in [1.29, 1.82) is 0 Å². The standard InChI is InChI=1S/C23H39N3O3.2ClH/c1-4-7-16-28-21-13-11-12-20(17-21)24-23(27)29-22(18-25(5-2)6-3)19-26-14-9-8-10-15-26;;/h11-13,17,22H,4-10,14-16,18-19H2,1-3H3,(H,24,27);2*1H. The molecular formula is C23H41Cl2N3O3. The Morgan fingerprint density at radius 2 is 1.84 bits per heavy atom. The average Bonchev–Trinajstić information content (AvgIpc) is 2.73. The van der Waals surface area contributed by atoms with E-state index in [4.69, 9.17) is 9.47 Å². The number of carbonyl (C=O) groups is 1. The number of hydrogen-bond donors (Lipinski definition) is 1. The van der Waals surface area contributed by atoms with Gasteiger partial charge in [0.15, 0.2) is 0 Å². The summed E-state index contributed by atoms with van der Waals surface area (Å²) in [5, 5.41) is 2.87. The van der Waals surface area contributed by atoms with E-state index in [1.807, 2.05) is 24.3 Å². The molecule has 0 spiro atoms. The van der Waals surface area contributed by atoms with Crippen LogP contribution in [0.15, 0.2) is 24.3 Å². The molecule has 1 aliphatic rings. The third-order valence-corrected chi connectivity index (χ3v) is 5.39. The van der Waals surface area contributed by atoms with Crippen LogP contribution in [-0.4, -0.2) is 67.9 Å². The minimum Gasteiger partial charge on any atom is -0.494 e. The summed E-state index contributed by atoms with van der Waals surface area (Å²) >= 11 is 0. The molecule has 1 saturated heterocycles. The molecule has 1 atom stereocenters. The maximum atomic E-state index is 12.6. The molecule has 0 saturated carbocycles. The molecular weight excluding hydrogens is 437 g/mol. The number of halogens is 2. The third-order valence-electron chi connectivity index (χ3n) is 5.39. The number of likely N-dealkylation sites (N-methyl/N-ethyl adjacent to an activating group) is 1. The van der Waals surface area contributed by atoms with Gasteiger partial charge in [-0.3, -0.25) is 10.2 Å². The summed E-state index contributed by atoms with van der Waals surface area (Å²) in [5.74, 6) is 0.768. The van der Waals surface area contributed by atoms with Crippen LogP contribution in [-0.2, 0) is 4.74 Å². The first-order chi connectivity index (χ1) is 14.1. The largest absolute Gasteiger partial charge is 0.494 e. The molecule has 0 bridgehead atoms. The molecule has 1 unspecified atom stereocenters. The van der Waals surface area contributed by atoms with Crippen molar-refractivity contribution in [1.82, 2.24) is 9.80 Å². The maximum Gasteiger partial charge on any atom is 0.411 e. The number of anilines is 1. The second kappa shape index (κ2) is 17.4. The number of carbonyl (C=O) groups excluding carboxylic acids is 1. The Balaban J connectivity index is 0.00000450. The highest BCUT2D eigenvalue weighted by molar-refractivity contribution is 5.86. The second-order valence-electron chi connectivity index (χ2n) is 7.73. The van der Waals surface area contributed by atoms with E-state index in [9.17, 15) is 4.79 Å². The fraction of sp³-hybridized carbons (Fsp3) is 0.696. The van der Waals surface area contributed by atoms with E-state index in [0.29, 0.717) is 12.3 Å². The highest BCUT2D eigenvalue weighted by Crippen LogP contribution is 2.18. The maximum absolute atomic E-state index is 12.6. The minimum absolute atomic E-state index is 0. The van der Waals surface area contributed by atoms with Crippen LogP contribution in [0.25, 0.3) is 0 Å². The van der Waals surface area contributed by atoms with Crippen molar-refractivity contribution < 1.29 is 14.3 Å². The first-order valence-corrected chi connectivity index (χ1v) is 11.3. The highest BCUT2D eigenvalue weighted by atomic mass is 35.5. The first kappa shape index (κ1) is 29.8. The Bertz CT molecular complexity index is 597. The lowest BCUT2D eigenvalue weighted by atomic mass is 10.1. The van der Waals surface area contributed by atoms with E-state index in [0.717, 1.165) is 57.9 Å². The van der Waals surface area contributed by atoms with Crippen molar-refractivity contribution in [3.63, 3.8) is 0 Å². The van der Waals surface area contributed by atoms with Gasteiger partial charge in [0.25, 0.3) is 0 Å². The summed E-state index contributed by atoms with van der Waals surface area (Å²) in [6, 6.07) is 7.50. The zero-order chi connectivity index (χ0) is 20.9. The van der Waals surface area contributed by atoms with Crippen LogP contribution in [0, 0.1) is 0 Å². The number of ether oxygens (including phenoxy) is 2. The molecule has 2 rings (SSSR count). The molecule has 0 radical (unpaired) electrons. The van der Waals surface area contributed by atoms with E-state index in [-0.39, 0.29) is 30.9 Å². The average molecular weight is 479 g/mol. The second-order valence-corrected chi connectivity index (χ2v) is 7.73. The number of nitrogens with one attached hydrogen (secondary N) is 1. The van der Waals surface area contributed by atoms with Gasteiger partial charge in [-0.1, -0.05) is 39.7 Å². The molecule has 1 fully saturated rings. The topological polar surface area (TPSA) is 54.0 Å². The van der Waals surface area contributed by atoms with Crippen molar-refractivity contribution in [2.75, 3.05) is 51.2 Å². The monoisotopic (exact) mass is 477 g/mol. The molecule has 180 valence electrons. The van der Waals surface area contributed by atoms with Gasteiger partial charge in [-0.25, -0.2) is 4.79 Å². The number of likely N-dealkylation sites (tertiary alicyclic amines) is 1. The molecule has 6 nitrogen and oxygen atoms in total. The van der Waals surface area contributed by atoms with Crippen LogP contribution in [0.2, 0.25) is 0 Å². The van der Waals surface area contributed by atoms with E-state index in [1.165, 1.54) is 19.3 Å². The molecule has 1 amide bonds. The molecule has 1 aromatic carbocycles. The van der Waals surface area contributed by atoms with Crippen LogP contribution >= 0.6 is 24.8 Å². The minimum atomic E-state index is -0.398. The Morgan fingerprint density at radius 3 is 2.48 bits per heavy atom. The lowest BCUT2D eigenvalue weighted by Gasteiger charge is -2.32. The number of hydrogen-bond acceptors (Lipinski definition) is 5. The Kier molecular flexibility index (Phi) is 16.7. The van der Waals surface area contributed by atoms with Crippen molar-refractivity contribution in [3.05, 3.63) is 24.3 Å². The summed E-state index contributed by atoms with van der Waals surface area (Å²) in [6.07, 6.45) is 5.33. The van der Waals surface area contributed by atoms with Crippen LogP contribution in [0.3, 0.4) is 0 Å². The molecule has 1 N–H and O–H groups in total. The molecule has 0 aromatic heterocycles. The predicted molar refractivity (Wildman–Crippen MR) is 133 cm³/mol. The number of unbranched alkanes of at least 4 members (excludes halogenated alkanes) is 1. The smallest absolute Gasteiger partial charge is 0.411 e. The number of amides is 1. The number of piperidine rings is 1. The summed E-state index contributed by atoms with van der Waals surface area (Å²) in [7, 11) is 0. The number of rotatable bonds is 12. The summed E-state index contributed by atoms with van der Waals surface area (Å²) in [4.78, 5) is 17.3. The summed E-state index contributed by atoms with van der Waals surface area (Å²) in [5.41, 5.74) is 0.698. The Morgan fingerprint density at radius 1 is 1.13 bits per heavy atom. The van der Waals surface area contributed by atoms with Gasteiger partial charge in [0.1, 0.15) is 11.9 Å².